The van der Waals surface area contributed by atoms with Crippen LogP contribution >= 0.6 is 0 Å². The van der Waals surface area contributed by atoms with Crippen LogP contribution < -0.4 is 5.32 Å². The molecule has 2 unspecified atom stereocenters. The van der Waals surface area contributed by atoms with Crippen LogP contribution in [0.4, 0.5) is 0 Å². The summed E-state index contributed by atoms with van der Waals surface area (Å²) in [6, 6.07) is 0.819. The number of hydrogen-bond acceptors (Lipinski definition) is 3. The van der Waals surface area contributed by atoms with E-state index >= 15 is 0 Å². The minimum Gasteiger partial charge on any atom is -0.314 e. The maximum Gasteiger partial charge on any atom is 0.0236 e. The molecule has 0 bridgehead atoms. The molecular formula is C15H31N3. The van der Waals surface area contributed by atoms with Gasteiger partial charge < -0.3 is 10.2 Å². The van der Waals surface area contributed by atoms with Crippen molar-refractivity contribution in [3.63, 3.8) is 0 Å². The van der Waals surface area contributed by atoms with Gasteiger partial charge >= 0.3 is 0 Å². The maximum atomic E-state index is 3.45. The molecule has 0 saturated carbocycles. The van der Waals surface area contributed by atoms with Gasteiger partial charge in [0.2, 0.25) is 0 Å². The summed E-state index contributed by atoms with van der Waals surface area (Å²) in [4.78, 5) is 5.38. The van der Waals surface area contributed by atoms with Crippen molar-refractivity contribution in [2.45, 2.75) is 40.2 Å². The largest absolute Gasteiger partial charge is 0.314 e. The number of rotatable bonds is 3. The zero-order chi connectivity index (χ0) is 13.2. The molecule has 3 heteroatoms. The Balaban J connectivity index is 1.77. The fourth-order valence-corrected chi connectivity index (χ4v) is 2.98. The molecule has 1 N–H and O–H groups in total. The monoisotopic (exact) mass is 253 g/mol. The van der Waals surface area contributed by atoms with Crippen LogP contribution in [-0.4, -0.2) is 61.7 Å². The van der Waals surface area contributed by atoms with Crippen LogP contribution in [0.2, 0.25) is 0 Å². The zero-order valence-electron chi connectivity index (χ0n) is 12.7. The van der Waals surface area contributed by atoms with Gasteiger partial charge in [0.1, 0.15) is 0 Å². The van der Waals surface area contributed by atoms with Crippen LogP contribution in [0.1, 0.15) is 34.1 Å². The molecule has 0 aliphatic carbocycles. The molecule has 0 aromatic carbocycles. The van der Waals surface area contributed by atoms with Crippen LogP contribution in [0.15, 0.2) is 0 Å². The molecule has 0 amide bonds. The molecular weight excluding hydrogens is 222 g/mol. The molecule has 2 rings (SSSR count). The lowest BCUT2D eigenvalue weighted by Gasteiger charge is -2.34. The number of hydrogen-bond donors (Lipinski definition) is 1. The Hall–Kier alpha value is -0.120. The van der Waals surface area contributed by atoms with Crippen LogP contribution in [0.25, 0.3) is 0 Å². The first-order valence-electron chi connectivity index (χ1n) is 7.64. The first-order valence-corrected chi connectivity index (χ1v) is 7.64. The third-order valence-electron chi connectivity index (χ3n) is 4.93. The summed E-state index contributed by atoms with van der Waals surface area (Å²) >= 11 is 0. The average Bonchev–Trinajstić information content (AvgIpc) is 2.77. The van der Waals surface area contributed by atoms with Gasteiger partial charge in [0.15, 0.2) is 0 Å². The van der Waals surface area contributed by atoms with Gasteiger partial charge in [-0.3, -0.25) is 4.90 Å². The van der Waals surface area contributed by atoms with Crippen LogP contribution in [0, 0.1) is 11.3 Å². The lowest BCUT2D eigenvalue weighted by molar-refractivity contribution is 0.150. The van der Waals surface area contributed by atoms with E-state index in [4.69, 9.17) is 0 Å². The van der Waals surface area contributed by atoms with Crippen molar-refractivity contribution in [1.82, 2.24) is 15.1 Å². The quantitative estimate of drug-likeness (QED) is 0.825. The molecule has 2 fully saturated rings. The topological polar surface area (TPSA) is 18.5 Å². The Kier molecular flexibility index (Phi) is 4.68. The SMILES string of the molecule is CC(CN1CCC(N2CCNCC2)C1)C(C)(C)C. The lowest BCUT2D eigenvalue weighted by Crippen LogP contribution is -2.49. The molecule has 2 saturated heterocycles. The van der Waals surface area contributed by atoms with Gasteiger partial charge in [-0.1, -0.05) is 27.7 Å². The first kappa shape index (κ1) is 14.3. The molecule has 106 valence electrons. The van der Waals surface area contributed by atoms with Crippen molar-refractivity contribution in [3.8, 4) is 0 Å². The minimum absolute atomic E-state index is 0.438. The maximum absolute atomic E-state index is 3.45. The second-order valence-electron chi connectivity index (χ2n) is 7.26. The summed E-state index contributed by atoms with van der Waals surface area (Å²) in [5, 5.41) is 3.45. The zero-order valence-corrected chi connectivity index (χ0v) is 12.7. The third kappa shape index (κ3) is 3.69. The predicted octanol–water partition coefficient (Wildman–Crippen LogP) is 1.65. The molecule has 0 aromatic rings. The van der Waals surface area contributed by atoms with E-state index in [0.29, 0.717) is 5.41 Å². The van der Waals surface area contributed by atoms with E-state index < -0.39 is 0 Å². The van der Waals surface area contributed by atoms with Gasteiger partial charge in [-0.2, -0.15) is 0 Å². The van der Waals surface area contributed by atoms with E-state index in [1.54, 1.807) is 0 Å². The molecule has 2 heterocycles. The smallest absolute Gasteiger partial charge is 0.0236 e. The van der Waals surface area contributed by atoms with Crippen LogP contribution in [0.5, 0.6) is 0 Å². The Labute approximate surface area is 113 Å². The molecule has 0 spiro atoms. The molecule has 0 radical (unpaired) electrons. The van der Waals surface area contributed by atoms with Crippen molar-refractivity contribution >= 4 is 0 Å². The van der Waals surface area contributed by atoms with Gasteiger partial charge in [0.05, 0.1) is 0 Å². The van der Waals surface area contributed by atoms with Gasteiger partial charge in [-0.15, -0.1) is 0 Å². The van der Waals surface area contributed by atoms with E-state index in [1.165, 1.54) is 52.2 Å². The second kappa shape index (κ2) is 5.89. The average molecular weight is 253 g/mol. The molecule has 2 aliphatic heterocycles. The van der Waals surface area contributed by atoms with Crippen molar-refractivity contribution in [2.24, 2.45) is 11.3 Å². The Morgan fingerprint density at radius 1 is 1.17 bits per heavy atom. The van der Waals surface area contributed by atoms with Gasteiger partial charge in [-0.25, -0.2) is 0 Å². The highest BCUT2D eigenvalue weighted by Crippen LogP contribution is 2.27. The van der Waals surface area contributed by atoms with Crippen molar-refractivity contribution in [3.05, 3.63) is 0 Å². The lowest BCUT2D eigenvalue weighted by atomic mass is 9.82. The van der Waals surface area contributed by atoms with E-state index in [1.807, 2.05) is 0 Å². The van der Waals surface area contributed by atoms with Crippen LogP contribution in [0.3, 0.4) is 0 Å². The van der Waals surface area contributed by atoms with Crippen LogP contribution in [-0.2, 0) is 0 Å². The molecule has 18 heavy (non-hydrogen) atoms. The van der Waals surface area contributed by atoms with Gasteiger partial charge in [0, 0.05) is 45.3 Å². The highest BCUT2D eigenvalue weighted by Gasteiger charge is 2.30. The predicted molar refractivity (Wildman–Crippen MR) is 77.9 cm³/mol. The normalized spacial score (nSPS) is 29.7. The summed E-state index contributed by atoms with van der Waals surface area (Å²) < 4.78 is 0. The van der Waals surface area contributed by atoms with Crippen molar-refractivity contribution in [1.29, 1.82) is 0 Å². The summed E-state index contributed by atoms with van der Waals surface area (Å²) in [7, 11) is 0. The Morgan fingerprint density at radius 3 is 2.44 bits per heavy atom. The molecule has 2 atom stereocenters. The van der Waals surface area contributed by atoms with Crippen molar-refractivity contribution in [2.75, 3.05) is 45.8 Å². The summed E-state index contributed by atoms with van der Waals surface area (Å²) in [5.74, 6) is 0.777. The number of nitrogens with one attached hydrogen (secondary N) is 1. The molecule has 2 aliphatic rings. The summed E-state index contributed by atoms with van der Waals surface area (Å²) in [5.41, 5.74) is 0.438. The number of nitrogens with zero attached hydrogens (tertiary/aromatic N) is 2. The van der Waals surface area contributed by atoms with E-state index in [-0.39, 0.29) is 0 Å². The van der Waals surface area contributed by atoms with E-state index in [2.05, 4.69) is 42.8 Å². The highest BCUT2D eigenvalue weighted by atomic mass is 15.3. The van der Waals surface area contributed by atoms with Crippen molar-refractivity contribution < 1.29 is 0 Å². The van der Waals surface area contributed by atoms with Gasteiger partial charge in [0.25, 0.3) is 0 Å². The first-order chi connectivity index (χ1) is 8.47. The number of piperazine rings is 1. The fourth-order valence-electron chi connectivity index (χ4n) is 2.98. The van der Waals surface area contributed by atoms with E-state index in [9.17, 15) is 0 Å². The fraction of sp³-hybridized carbons (Fsp3) is 1.00. The summed E-state index contributed by atoms with van der Waals surface area (Å²) in [6.45, 7) is 18.2. The Bertz CT molecular complexity index is 253. The Morgan fingerprint density at radius 2 is 1.83 bits per heavy atom. The van der Waals surface area contributed by atoms with E-state index in [0.717, 1.165) is 12.0 Å². The highest BCUT2D eigenvalue weighted by molar-refractivity contribution is 4.87. The standard InChI is InChI=1S/C15H31N3/c1-13(15(2,3)4)11-17-8-5-14(12-17)18-9-6-16-7-10-18/h13-14,16H,5-12H2,1-4H3. The van der Waals surface area contributed by atoms with Gasteiger partial charge in [-0.05, 0) is 24.3 Å². The third-order valence-corrected chi connectivity index (χ3v) is 4.93. The minimum atomic E-state index is 0.438. The summed E-state index contributed by atoms with van der Waals surface area (Å²) in [6.07, 6.45) is 1.37. The molecule has 3 nitrogen and oxygen atoms in total. The number of likely N-dealkylation sites (tertiary alicyclic amines) is 1. The molecule has 0 aromatic heterocycles. The second-order valence-corrected chi connectivity index (χ2v) is 7.26.